The molecule has 1 fully saturated rings. The van der Waals surface area contributed by atoms with E-state index in [9.17, 15) is 9.59 Å². The van der Waals surface area contributed by atoms with Crippen LogP contribution in [0.1, 0.15) is 6.42 Å². The fourth-order valence-corrected chi connectivity index (χ4v) is 3.98. The van der Waals surface area contributed by atoms with Crippen LogP contribution in [-0.2, 0) is 9.59 Å². The Morgan fingerprint density at radius 2 is 2.00 bits per heavy atom. The highest BCUT2D eigenvalue weighted by Crippen LogP contribution is 2.20. The van der Waals surface area contributed by atoms with Gasteiger partial charge in [0.05, 0.1) is 31.5 Å². The highest BCUT2D eigenvalue weighted by atomic mass is 32.2. The molecular weight excluding hydrogens is 426 g/mol. The predicted octanol–water partition coefficient (Wildman–Crippen LogP) is 1.46. The fourth-order valence-electron chi connectivity index (χ4n) is 2.65. The van der Waals surface area contributed by atoms with Crippen LogP contribution in [0.15, 0.2) is 46.1 Å². The molecule has 0 aliphatic carbocycles. The van der Waals surface area contributed by atoms with Gasteiger partial charge in [-0.3, -0.25) is 9.59 Å². The lowest BCUT2D eigenvalue weighted by molar-refractivity contribution is -0.123. The van der Waals surface area contributed by atoms with Gasteiger partial charge in [0, 0.05) is 30.7 Å². The smallest absolute Gasteiger partial charge is 0.239 e. The molecule has 1 unspecified atom stereocenters. The number of aliphatic hydroxyl groups excluding tert-OH is 2. The van der Waals surface area contributed by atoms with E-state index in [0.717, 1.165) is 11.4 Å². The molecule has 9 nitrogen and oxygen atoms in total. The molecule has 0 spiro atoms. The van der Waals surface area contributed by atoms with Gasteiger partial charge in [0.25, 0.3) is 0 Å². The number of nitrogens with one attached hydrogen (secondary N) is 2. The summed E-state index contributed by atoms with van der Waals surface area (Å²) in [4.78, 5) is 25.1. The SMILES string of the molecule is O=C(CN/C=C\SCN=Nc1ccc(N(CCO)CCO)cc1)NC1CCSC1=O. The summed E-state index contributed by atoms with van der Waals surface area (Å²) in [6.45, 7) is 1.06. The molecule has 0 aromatic heterocycles. The summed E-state index contributed by atoms with van der Waals surface area (Å²) in [5.41, 5.74) is 1.62. The van der Waals surface area contributed by atoms with Crippen molar-refractivity contribution in [1.29, 1.82) is 0 Å². The summed E-state index contributed by atoms with van der Waals surface area (Å²) < 4.78 is 0. The Kier molecular flexibility index (Phi) is 11.3. The van der Waals surface area contributed by atoms with Gasteiger partial charge in [0.1, 0.15) is 5.88 Å². The average Bonchev–Trinajstić information content (AvgIpc) is 3.14. The van der Waals surface area contributed by atoms with E-state index in [1.807, 2.05) is 29.2 Å². The molecule has 1 aromatic rings. The van der Waals surface area contributed by atoms with Crippen molar-refractivity contribution in [2.24, 2.45) is 10.2 Å². The first-order chi connectivity index (χ1) is 14.6. The van der Waals surface area contributed by atoms with Crippen molar-refractivity contribution in [3.63, 3.8) is 0 Å². The van der Waals surface area contributed by atoms with Crippen molar-refractivity contribution in [3.05, 3.63) is 35.9 Å². The summed E-state index contributed by atoms with van der Waals surface area (Å²) in [6, 6.07) is 7.05. The largest absolute Gasteiger partial charge is 0.395 e. The van der Waals surface area contributed by atoms with Crippen molar-refractivity contribution in [3.8, 4) is 0 Å². The zero-order valence-electron chi connectivity index (χ0n) is 16.6. The number of carbonyl (C=O) groups excluding carboxylic acids is 2. The van der Waals surface area contributed by atoms with Crippen LogP contribution in [-0.4, -0.2) is 71.8 Å². The Hall–Kier alpha value is -2.08. The molecular formula is C19H27N5O4S2. The lowest BCUT2D eigenvalue weighted by Gasteiger charge is -2.22. The Bertz CT molecular complexity index is 724. The molecule has 0 radical (unpaired) electrons. The maximum Gasteiger partial charge on any atom is 0.239 e. The van der Waals surface area contributed by atoms with Gasteiger partial charge in [0.15, 0.2) is 0 Å². The van der Waals surface area contributed by atoms with Crippen molar-refractivity contribution in [2.45, 2.75) is 12.5 Å². The van der Waals surface area contributed by atoms with E-state index in [1.54, 1.807) is 11.6 Å². The summed E-state index contributed by atoms with van der Waals surface area (Å²) in [5, 5.41) is 33.8. The number of carbonyl (C=O) groups is 2. The number of benzene rings is 1. The maximum atomic E-state index is 11.7. The van der Waals surface area contributed by atoms with E-state index in [-0.39, 0.29) is 36.8 Å². The number of aliphatic hydroxyl groups is 2. The molecule has 11 heteroatoms. The van der Waals surface area contributed by atoms with Crippen LogP contribution in [0.25, 0.3) is 0 Å². The number of thioether (sulfide) groups is 2. The van der Waals surface area contributed by atoms with Gasteiger partial charge in [0.2, 0.25) is 11.0 Å². The third kappa shape index (κ3) is 8.74. The molecule has 1 aromatic carbocycles. The first-order valence-corrected chi connectivity index (χ1v) is 11.6. The fraction of sp³-hybridized carbons (Fsp3) is 0.474. The Morgan fingerprint density at radius 1 is 1.27 bits per heavy atom. The van der Waals surface area contributed by atoms with Crippen LogP contribution in [0, 0.1) is 0 Å². The Labute approximate surface area is 184 Å². The van der Waals surface area contributed by atoms with Crippen LogP contribution in [0.4, 0.5) is 11.4 Å². The summed E-state index contributed by atoms with van der Waals surface area (Å²) >= 11 is 2.68. The number of anilines is 1. The molecule has 4 N–H and O–H groups in total. The molecule has 1 aliphatic heterocycles. The van der Waals surface area contributed by atoms with Crippen molar-refractivity contribution < 1.29 is 19.8 Å². The third-order valence-corrected chi connectivity index (χ3v) is 5.69. The minimum atomic E-state index is -0.357. The number of hydrogen-bond donors (Lipinski definition) is 4. The minimum absolute atomic E-state index is 0.0189. The molecule has 1 aliphatic rings. The maximum absolute atomic E-state index is 11.7. The number of nitrogens with zero attached hydrogens (tertiary/aromatic N) is 3. The van der Waals surface area contributed by atoms with Crippen LogP contribution >= 0.6 is 23.5 Å². The molecule has 2 rings (SSSR count). The third-order valence-electron chi connectivity index (χ3n) is 4.09. The quantitative estimate of drug-likeness (QED) is 0.261. The number of rotatable bonds is 13. The number of azo groups is 1. The van der Waals surface area contributed by atoms with Crippen LogP contribution < -0.4 is 15.5 Å². The molecule has 0 bridgehead atoms. The second-order valence-corrected chi connectivity index (χ2v) is 8.21. The second kappa shape index (κ2) is 14.0. The van der Waals surface area contributed by atoms with Gasteiger partial charge in [-0.2, -0.15) is 10.2 Å². The van der Waals surface area contributed by atoms with Crippen LogP contribution in [0.3, 0.4) is 0 Å². The topological polar surface area (TPSA) is 127 Å². The zero-order valence-corrected chi connectivity index (χ0v) is 18.2. The van der Waals surface area contributed by atoms with Crippen LogP contribution in [0.2, 0.25) is 0 Å². The molecule has 0 saturated carbocycles. The Balaban J connectivity index is 1.62. The van der Waals surface area contributed by atoms with Gasteiger partial charge < -0.3 is 25.7 Å². The number of hydrogen-bond acceptors (Lipinski definition) is 10. The lowest BCUT2D eigenvalue weighted by Crippen LogP contribution is -2.41. The normalized spacial score (nSPS) is 16.5. The van der Waals surface area contributed by atoms with Crippen LogP contribution in [0.5, 0.6) is 0 Å². The number of amides is 1. The van der Waals surface area contributed by atoms with E-state index < -0.39 is 0 Å². The Morgan fingerprint density at radius 3 is 2.63 bits per heavy atom. The molecule has 1 saturated heterocycles. The average molecular weight is 454 g/mol. The molecule has 164 valence electrons. The van der Waals surface area contributed by atoms with E-state index in [2.05, 4.69) is 20.9 Å². The minimum Gasteiger partial charge on any atom is -0.395 e. The highest BCUT2D eigenvalue weighted by molar-refractivity contribution is 8.14. The van der Waals surface area contributed by atoms with E-state index >= 15 is 0 Å². The molecule has 1 amide bonds. The lowest BCUT2D eigenvalue weighted by atomic mass is 10.2. The van der Waals surface area contributed by atoms with Gasteiger partial charge in [-0.15, -0.1) is 11.8 Å². The first-order valence-electron chi connectivity index (χ1n) is 9.54. The van der Waals surface area contributed by atoms with Gasteiger partial charge in [-0.25, -0.2) is 0 Å². The van der Waals surface area contributed by atoms with E-state index in [0.29, 0.717) is 31.1 Å². The van der Waals surface area contributed by atoms with E-state index in [4.69, 9.17) is 10.2 Å². The molecule has 30 heavy (non-hydrogen) atoms. The zero-order chi connectivity index (χ0) is 21.6. The molecule has 1 atom stereocenters. The van der Waals surface area contributed by atoms with E-state index in [1.165, 1.54) is 23.5 Å². The van der Waals surface area contributed by atoms with Crippen molar-refractivity contribution in [2.75, 3.05) is 49.4 Å². The highest BCUT2D eigenvalue weighted by Gasteiger charge is 2.26. The summed E-state index contributed by atoms with van der Waals surface area (Å²) in [6.07, 6.45) is 2.36. The van der Waals surface area contributed by atoms with Gasteiger partial charge >= 0.3 is 0 Å². The molecule has 1 heterocycles. The van der Waals surface area contributed by atoms with Crippen molar-refractivity contribution in [1.82, 2.24) is 10.6 Å². The first kappa shape index (κ1) is 24.2. The van der Waals surface area contributed by atoms with Gasteiger partial charge in [-0.1, -0.05) is 11.8 Å². The summed E-state index contributed by atoms with van der Waals surface area (Å²) in [5.74, 6) is 0.990. The summed E-state index contributed by atoms with van der Waals surface area (Å²) in [7, 11) is 0. The van der Waals surface area contributed by atoms with Crippen molar-refractivity contribution >= 4 is 45.9 Å². The standard InChI is InChI=1S/C19H27N5O4S2/c25-9-7-24(8-10-26)16-3-1-15(2-4-16)23-21-14-29-12-6-20-13-18(27)22-17-5-11-30-19(17)28/h1-4,6,12,17,20,25-26H,5,7-11,13-14H2,(H,22,27)/b12-6-,23-21?. The second-order valence-electron chi connectivity index (χ2n) is 6.25. The monoisotopic (exact) mass is 453 g/mol. The predicted molar refractivity (Wildman–Crippen MR) is 121 cm³/mol. The van der Waals surface area contributed by atoms with Gasteiger partial charge in [-0.05, 0) is 36.1 Å².